The summed E-state index contributed by atoms with van der Waals surface area (Å²) in [6.07, 6.45) is 2.95. The molecule has 0 spiro atoms. The molecule has 0 radical (unpaired) electrons. The van der Waals surface area contributed by atoms with Gasteiger partial charge in [-0.05, 0) is 6.42 Å². The molecule has 1 heterocycles. The van der Waals surface area contributed by atoms with Gasteiger partial charge in [-0.2, -0.15) is 0 Å². The Morgan fingerprint density at radius 1 is 1.38 bits per heavy atom. The lowest BCUT2D eigenvalue weighted by molar-refractivity contribution is -0.135. The van der Waals surface area contributed by atoms with E-state index in [2.05, 4.69) is 17.9 Å². The first-order valence-electron chi connectivity index (χ1n) is 3.94. The van der Waals surface area contributed by atoms with Crippen LogP contribution in [0.1, 0.15) is 6.42 Å². The first-order valence-corrected chi connectivity index (χ1v) is 3.94. The Bertz CT molecular complexity index is 234. The minimum atomic E-state index is -0.600. The maximum Gasteiger partial charge on any atom is 0.418 e. The molecule has 0 aliphatic carbocycles. The third kappa shape index (κ3) is 1.77. The molecule has 1 atom stereocenters. The van der Waals surface area contributed by atoms with Crippen LogP contribution >= 0.6 is 0 Å². The summed E-state index contributed by atoms with van der Waals surface area (Å²) in [5, 5.41) is 0. The van der Waals surface area contributed by atoms with Crippen molar-refractivity contribution >= 4 is 12.1 Å². The molecule has 1 saturated heterocycles. The van der Waals surface area contributed by atoms with Gasteiger partial charge in [0.05, 0.1) is 0 Å². The van der Waals surface area contributed by atoms with Crippen molar-refractivity contribution < 1.29 is 14.3 Å². The second-order valence-corrected chi connectivity index (χ2v) is 2.67. The predicted molar refractivity (Wildman–Crippen MR) is 47.0 cm³/mol. The molecule has 0 aromatic carbocycles. The average molecular weight is 181 g/mol. The molecule has 0 aromatic heterocycles. The lowest BCUT2D eigenvalue weighted by Crippen LogP contribution is -2.34. The summed E-state index contributed by atoms with van der Waals surface area (Å²) in [6.45, 7) is 7.32. The zero-order chi connectivity index (χ0) is 9.84. The number of rotatable bonds is 4. The number of nitrogens with zero attached hydrogens (tertiary/aromatic N) is 1. The molecule has 70 valence electrons. The van der Waals surface area contributed by atoms with E-state index in [0.717, 1.165) is 0 Å². The van der Waals surface area contributed by atoms with Gasteiger partial charge in [0.1, 0.15) is 6.04 Å². The minimum Gasteiger partial charge on any atom is -0.375 e. The summed E-state index contributed by atoms with van der Waals surface area (Å²) in [6, 6.07) is -0.525. The van der Waals surface area contributed by atoms with Gasteiger partial charge < -0.3 is 4.74 Å². The van der Waals surface area contributed by atoms with Gasteiger partial charge in [0, 0.05) is 6.54 Å². The highest BCUT2D eigenvalue weighted by Gasteiger charge is 2.39. The second kappa shape index (κ2) is 3.89. The molecule has 0 saturated carbocycles. The van der Waals surface area contributed by atoms with E-state index >= 15 is 0 Å². The van der Waals surface area contributed by atoms with Crippen molar-refractivity contribution in [2.45, 2.75) is 12.5 Å². The maximum atomic E-state index is 11.1. The van der Waals surface area contributed by atoms with E-state index in [1.54, 1.807) is 12.2 Å². The standard InChI is InChI=1S/C9H11NO3/c1-3-5-7-8(11)13-9(12)10(7)6-4-2/h3-4,7H,1-2,5-6H2. The monoisotopic (exact) mass is 181 g/mol. The van der Waals surface area contributed by atoms with Gasteiger partial charge >= 0.3 is 12.1 Å². The van der Waals surface area contributed by atoms with Gasteiger partial charge in [-0.15, -0.1) is 13.2 Å². The smallest absolute Gasteiger partial charge is 0.375 e. The van der Waals surface area contributed by atoms with Crippen LogP contribution in [0.25, 0.3) is 0 Å². The van der Waals surface area contributed by atoms with Crippen LogP contribution in [0.5, 0.6) is 0 Å². The fraction of sp³-hybridized carbons (Fsp3) is 0.333. The second-order valence-electron chi connectivity index (χ2n) is 2.67. The molecule has 1 aliphatic rings. The van der Waals surface area contributed by atoms with Crippen molar-refractivity contribution in [2.75, 3.05) is 6.54 Å². The first-order chi connectivity index (χ1) is 6.20. The van der Waals surface area contributed by atoms with Crippen LogP contribution < -0.4 is 0 Å². The summed E-state index contributed by atoms with van der Waals surface area (Å²) >= 11 is 0. The average Bonchev–Trinajstić information content (AvgIpc) is 2.33. The van der Waals surface area contributed by atoms with E-state index in [-0.39, 0.29) is 0 Å². The molecule has 4 heteroatoms. The number of esters is 1. The minimum absolute atomic E-state index is 0.322. The molecule has 0 bridgehead atoms. The van der Waals surface area contributed by atoms with E-state index in [1.807, 2.05) is 0 Å². The molecule has 4 nitrogen and oxygen atoms in total. The Kier molecular flexibility index (Phi) is 2.84. The van der Waals surface area contributed by atoms with Crippen molar-refractivity contribution in [2.24, 2.45) is 0 Å². The summed E-state index contributed by atoms with van der Waals surface area (Å²) in [5.41, 5.74) is 0. The van der Waals surface area contributed by atoms with Crippen molar-refractivity contribution in [3.63, 3.8) is 0 Å². The summed E-state index contributed by atoms with van der Waals surface area (Å²) in [4.78, 5) is 23.5. The van der Waals surface area contributed by atoms with Gasteiger partial charge in [0.2, 0.25) is 0 Å². The number of hydrogen-bond donors (Lipinski definition) is 0. The zero-order valence-corrected chi connectivity index (χ0v) is 7.23. The predicted octanol–water partition coefficient (Wildman–Crippen LogP) is 1.10. The highest BCUT2D eigenvalue weighted by atomic mass is 16.6. The fourth-order valence-corrected chi connectivity index (χ4v) is 1.19. The van der Waals surface area contributed by atoms with Crippen molar-refractivity contribution in [1.29, 1.82) is 0 Å². The Morgan fingerprint density at radius 3 is 2.62 bits per heavy atom. The number of cyclic esters (lactones) is 2. The third-order valence-corrected chi connectivity index (χ3v) is 1.79. The lowest BCUT2D eigenvalue weighted by Gasteiger charge is -2.15. The molecule has 13 heavy (non-hydrogen) atoms. The number of amides is 1. The van der Waals surface area contributed by atoms with Crippen LogP contribution in [0.3, 0.4) is 0 Å². The number of hydrogen-bond acceptors (Lipinski definition) is 3. The van der Waals surface area contributed by atoms with E-state index in [4.69, 9.17) is 0 Å². The highest BCUT2D eigenvalue weighted by Crippen LogP contribution is 2.16. The van der Waals surface area contributed by atoms with Crippen LogP contribution in [0.15, 0.2) is 25.3 Å². The van der Waals surface area contributed by atoms with Crippen LogP contribution in [-0.4, -0.2) is 29.5 Å². The molecule has 1 aliphatic heterocycles. The number of ether oxygens (including phenoxy) is 1. The molecule has 0 N–H and O–H groups in total. The van der Waals surface area contributed by atoms with Crippen LogP contribution in [0.2, 0.25) is 0 Å². The van der Waals surface area contributed by atoms with E-state index in [0.29, 0.717) is 13.0 Å². The molecule has 1 amide bonds. The number of carbonyl (C=O) groups is 2. The van der Waals surface area contributed by atoms with Crippen molar-refractivity contribution in [1.82, 2.24) is 4.90 Å². The Balaban J connectivity index is 2.75. The zero-order valence-electron chi connectivity index (χ0n) is 7.23. The lowest BCUT2D eigenvalue weighted by atomic mass is 10.2. The summed E-state index contributed by atoms with van der Waals surface area (Å²) < 4.78 is 4.44. The van der Waals surface area contributed by atoms with Gasteiger partial charge in [-0.25, -0.2) is 9.59 Å². The Labute approximate surface area is 76.5 Å². The molecule has 1 unspecified atom stereocenters. The Hall–Kier alpha value is -1.58. The van der Waals surface area contributed by atoms with Crippen LogP contribution in [-0.2, 0) is 9.53 Å². The van der Waals surface area contributed by atoms with Gasteiger partial charge in [0.25, 0.3) is 0 Å². The van der Waals surface area contributed by atoms with E-state index in [9.17, 15) is 9.59 Å². The molecule has 1 rings (SSSR count). The highest BCUT2D eigenvalue weighted by molar-refractivity contribution is 5.95. The molecule has 1 fully saturated rings. The largest absolute Gasteiger partial charge is 0.418 e. The van der Waals surface area contributed by atoms with E-state index < -0.39 is 18.1 Å². The SMILES string of the molecule is C=CCC1C(=O)OC(=O)N1CC=C. The van der Waals surface area contributed by atoms with E-state index in [1.165, 1.54) is 4.90 Å². The fourth-order valence-electron chi connectivity index (χ4n) is 1.19. The summed E-state index contributed by atoms with van der Waals surface area (Å²) in [5.74, 6) is -0.508. The van der Waals surface area contributed by atoms with Gasteiger partial charge in [-0.1, -0.05) is 12.2 Å². The third-order valence-electron chi connectivity index (χ3n) is 1.79. The van der Waals surface area contributed by atoms with Gasteiger partial charge in [-0.3, -0.25) is 4.90 Å². The van der Waals surface area contributed by atoms with Crippen molar-refractivity contribution in [3.8, 4) is 0 Å². The Morgan fingerprint density at radius 2 is 2.08 bits per heavy atom. The molecule has 0 aromatic rings. The quantitative estimate of drug-likeness (QED) is 0.370. The number of carbonyl (C=O) groups excluding carboxylic acids is 2. The normalized spacial score (nSPS) is 21.5. The topological polar surface area (TPSA) is 46.6 Å². The summed E-state index contributed by atoms with van der Waals surface area (Å²) in [7, 11) is 0. The maximum absolute atomic E-state index is 11.1. The molecular formula is C9H11NO3. The van der Waals surface area contributed by atoms with Crippen LogP contribution in [0.4, 0.5) is 4.79 Å². The van der Waals surface area contributed by atoms with Gasteiger partial charge in [0.15, 0.2) is 0 Å². The van der Waals surface area contributed by atoms with Crippen molar-refractivity contribution in [3.05, 3.63) is 25.3 Å². The first kappa shape index (κ1) is 9.51. The van der Waals surface area contributed by atoms with Crippen LogP contribution in [0, 0.1) is 0 Å². The molecular weight excluding hydrogens is 170 g/mol.